The first-order valence-electron chi connectivity index (χ1n) is 13.7. The summed E-state index contributed by atoms with van der Waals surface area (Å²) in [6.45, 7) is 6.64. The summed E-state index contributed by atoms with van der Waals surface area (Å²) in [7, 11) is 0. The van der Waals surface area contributed by atoms with Crippen molar-refractivity contribution in [3.05, 3.63) is 65.0 Å². The number of carbonyl (C=O) groups is 2. The van der Waals surface area contributed by atoms with Gasteiger partial charge in [-0.25, -0.2) is 4.98 Å². The van der Waals surface area contributed by atoms with Crippen LogP contribution in [0.1, 0.15) is 81.5 Å². The number of benzene rings is 1. The molecule has 6 heteroatoms. The largest absolute Gasteiger partial charge is 0.335 e. The summed E-state index contributed by atoms with van der Waals surface area (Å²) in [6.07, 6.45) is 12.1. The van der Waals surface area contributed by atoms with Gasteiger partial charge < -0.3 is 10.2 Å². The lowest BCUT2D eigenvalue weighted by Gasteiger charge is -2.36. The SMILES string of the molecule is CC(C)(C)C(=O)N(Cc1cnc2cc3c(cc2c1)CC1(C3)C(=O)Nc2ncccc21)C1CCCCCC1. The van der Waals surface area contributed by atoms with E-state index in [2.05, 4.69) is 33.4 Å². The molecule has 3 aliphatic rings. The molecule has 1 aliphatic heterocycles. The van der Waals surface area contributed by atoms with E-state index in [-0.39, 0.29) is 11.8 Å². The van der Waals surface area contributed by atoms with Crippen molar-refractivity contribution in [1.82, 2.24) is 14.9 Å². The molecule has 192 valence electrons. The Labute approximate surface area is 218 Å². The number of hydrogen-bond acceptors (Lipinski definition) is 4. The molecule has 1 spiro atoms. The van der Waals surface area contributed by atoms with E-state index < -0.39 is 10.8 Å². The lowest BCUT2D eigenvalue weighted by Crippen LogP contribution is -2.45. The van der Waals surface area contributed by atoms with Crippen LogP contribution < -0.4 is 5.32 Å². The zero-order chi connectivity index (χ0) is 25.8. The van der Waals surface area contributed by atoms with Crippen LogP contribution in [0.15, 0.2) is 42.7 Å². The second-order valence-electron chi connectivity index (χ2n) is 12.3. The molecule has 6 nitrogen and oxygen atoms in total. The van der Waals surface area contributed by atoms with Gasteiger partial charge in [0.25, 0.3) is 0 Å². The second-order valence-corrected chi connectivity index (χ2v) is 12.3. The quantitative estimate of drug-likeness (QED) is 0.471. The first-order valence-corrected chi connectivity index (χ1v) is 13.7. The zero-order valence-corrected chi connectivity index (χ0v) is 22.1. The van der Waals surface area contributed by atoms with Gasteiger partial charge in [-0.2, -0.15) is 0 Å². The standard InChI is InChI=1S/C31H36N4O2/c1-30(2,3)29(37)35(24-9-6-4-5-7-10-24)19-20-13-21-14-22-16-31(17-23(22)15-26(21)33-18-20)25-11-8-12-32-27(25)34-28(31)36/h8,11-15,18,24H,4-7,9-10,16-17,19H2,1-3H3,(H,32,34,36). The van der Waals surface area contributed by atoms with E-state index in [1.807, 2.05) is 39.1 Å². The third-order valence-electron chi connectivity index (χ3n) is 8.55. The van der Waals surface area contributed by atoms with E-state index in [0.717, 1.165) is 34.9 Å². The summed E-state index contributed by atoms with van der Waals surface area (Å²) >= 11 is 0. The van der Waals surface area contributed by atoms with E-state index >= 15 is 0 Å². The molecule has 2 aliphatic carbocycles. The number of fused-ring (bicyclic) bond motifs is 4. The highest BCUT2D eigenvalue weighted by molar-refractivity contribution is 6.06. The molecule has 1 atom stereocenters. The van der Waals surface area contributed by atoms with Gasteiger partial charge in [0, 0.05) is 41.3 Å². The van der Waals surface area contributed by atoms with Crippen LogP contribution in [0.25, 0.3) is 10.9 Å². The van der Waals surface area contributed by atoms with Gasteiger partial charge in [-0.05, 0) is 66.6 Å². The van der Waals surface area contributed by atoms with Gasteiger partial charge in [0.2, 0.25) is 11.8 Å². The Bertz CT molecular complexity index is 1380. The first-order chi connectivity index (χ1) is 17.7. The normalized spacial score (nSPS) is 21.5. The summed E-state index contributed by atoms with van der Waals surface area (Å²) < 4.78 is 0. The number of nitrogens with one attached hydrogen (secondary N) is 1. The van der Waals surface area contributed by atoms with E-state index in [0.29, 0.717) is 31.2 Å². The molecule has 1 unspecified atom stereocenters. The number of nitrogens with zero attached hydrogens (tertiary/aromatic N) is 3. The minimum atomic E-state index is -0.582. The molecule has 1 aromatic carbocycles. The molecular weight excluding hydrogens is 460 g/mol. The summed E-state index contributed by atoms with van der Waals surface area (Å²) in [6, 6.07) is 10.8. The maximum absolute atomic E-state index is 13.5. The molecule has 0 radical (unpaired) electrons. The van der Waals surface area contributed by atoms with Crippen LogP contribution in [-0.2, 0) is 34.4 Å². The predicted molar refractivity (Wildman–Crippen MR) is 145 cm³/mol. The number of hydrogen-bond donors (Lipinski definition) is 1. The smallest absolute Gasteiger partial charge is 0.237 e. The number of anilines is 1. The average molecular weight is 497 g/mol. The average Bonchev–Trinajstić information content (AvgIpc) is 3.22. The fourth-order valence-corrected chi connectivity index (χ4v) is 6.60. The van der Waals surface area contributed by atoms with Crippen molar-refractivity contribution in [2.45, 2.75) is 90.1 Å². The third kappa shape index (κ3) is 4.20. The molecule has 3 heterocycles. The molecular formula is C31H36N4O2. The van der Waals surface area contributed by atoms with Gasteiger partial charge in [-0.3, -0.25) is 14.6 Å². The molecule has 6 rings (SSSR count). The third-order valence-corrected chi connectivity index (χ3v) is 8.55. The maximum Gasteiger partial charge on any atom is 0.237 e. The van der Waals surface area contributed by atoms with Crippen molar-refractivity contribution >= 4 is 28.5 Å². The zero-order valence-electron chi connectivity index (χ0n) is 22.1. The van der Waals surface area contributed by atoms with Gasteiger partial charge in [0.15, 0.2) is 0 Å². The Balaban J connectivity index is 1.31. The maximum atomic E-state index is 13.5. The predicted octanol–water partition coefficient (Wildman–Crippen LogP) is 5.72. The topological polar surface area (TPSA) is 75.2 Å². The lowest BCUT2D eigenvalue weighted by molar-refractivity contribution is -0.143. The summed E-state index contributed by atoms with van der Waals surface area (Å²) in [5.41, 5.74) is 4.38. The Morgan fingerprint density at radius 3 is 2.51 bits per heavy atom. The fourth-order valence-electron chi connectivity index (χ4n) is 6.60. The van der Waals surface area contributed by atoms with Gasteiger partial charge in [0.1, 0.15) is 5.82 Å². The summed E-state index contributed by atoms with van der Waals surface area (Å²) in [5, 5.41) is 4.06. The number of amides is 2. The molecule has 1 saturated carbocycles. The minimum absolute atomic E-state index is 0.0369. The fraction of sp³-hybridized carbons (Fsp3) is 0.484. The molecule has 1 N–H and O–H groups in total. The number of pyridine rings is 2. The van der Waals surface area contributed by atoms with E-state index in [4.69, 9.17) is 4.98 Å². The van der Waals surface area contributed by atoms with Gasteiger partial charge in [0.05, 0.1) is 10.9 Å². The molecule has 37 heavy (non-hydrogen) atoms. The van der Waals surface area contributed by atoms with E-state index in [1.54, 1.807) is 6.20 Å². The van der Waals surface area contributed by atoms with Crippen LogP contribution in [0.2, 0.25) is 0 Å². The van der Waals surface area contributed by atoms with Crippen molar-refractivity contribution in [2.75, 3.05) is 5.32 Å². The van der Waals surface area contributed by atoms with Crippen LogP contribution in [0, 0.1) is 5.41 Å². The van der Waals surface area contributed by atoms with Gasteiger partial charge in [-0.1, -0.05) is 52.5 Å². The second kappa shape index (κ2) is 8.93. The van der Waals surface area contributed by atoms with Crippen molar-refractivity contribution in [3.63, 3.8) is 0 Å². The Kier molecular flexibility index (Phi) is 5.81. The molecule has 1 fully saturated rings. The molecule has 3 aromatic rings. The Morgan fingerprint density at radius 2 is 1.78 bits per heavy atom. The van der Waals surface area contributed by atoms with Crippen LogP contribution in [0.5, 0.6) is 0 Å². The monoisotopic (exact) mass is 496 g/mol. The Hall–Kier alpha value is -3.28. The van der Waals surface area contributed by atoms with Crippen molar-refractivity contribution in [3.8, 4) is 0 Å². The van der Waals surface area contributed by atoms with Crippen LogP contribution >= 0.6 is 0 Å². The molecule has 0 saturated heterocycles. The van der Waals surface area contributed by atoms with Gasteiger partial charge in [-0.15, -0.1) is 0 Å². The van der Waals surface area contributed by atoms with Crippen molar-refractivity contribution in [2.24, 2.45) is 5.41 Å². The first kappa shape index (κ1) is 24.1. The van der Waals surface area contributed by atoms with Crippen LogP contribution in [0.4, 0.5) is 5.82 Å². The minimum Gasteiger partial charge on any atom is -0.335 e. The highest BCUT2D eigenvalue weighted by atomic mass is 16.2. The molecule has 0 bridgehead atoms. The molecule has 2 amide bonds. The number of aromatic nitrogens is 2. The highest BCUT2D eigenvalue weighted by Crippen LogP contribution is 2.47. The summed E-state index contributed by atoms with van der Waals surface area (Å²) in [5.74, 6) is 0.942. The number of rotatable bonds is 3. The van der Waals surface area contributed by atoms with Crippen LogP contribution in [0.3, 0.4) is 0 Å². The van der Waals surface area contributed by atoms with Crippen molar-refractivity contribution in [1.29, 1.82) is 0 Å². The van der Waals surface area contributed by atoms with E-state index in [9.17, 15) is 9.59 Å². The van der Waals surface area contributed by atoms with E-state index in [1.165, 1.54) is 36.8 Å². The number of carbonyl (C=O) groups excluding carboxylic acids is 2. The molecule has 2 aromatic heterocycles. The highest BCUT2D eigenvalue weighted by Gasteiger charge is 2.51. The summed E-state index contributed by atoms with van der Waals surface area (Å²) in [4.78, 5) is 38.0. The van der Waals surface area contributed by atoms with Gasteiger partial charge >= 0.3 is 0 Å². The van der Waals surface area contributed by atoms with Crippen molar-refractivity contribution < 1.29 is 9.59 Å². The Morgan fingerprint density at radius 1 is 1.05 bits per heavy atom. The lowest BCUT2D eigenvalue weighted by atomic mass is 9.79. The van der Waals surface area contributed by atoms with Crippen LogP contribution in [-0.4, -0.2) is 32.7 Å².